The highest BCUT2D eigenvalue weighted by atomic mass is 32.1. The lowest BCUT2D eigenvalue weighted by molar-refractivity contribution is -0.137. The maximum absolute atomic E-state index is 12.5. The number of hydrogen-bond acceptors (Lipinski definition) is 5. The molecule has 0 aliphatic heterocycles. The number of nitrogens with one attached hydrogen (secondary N) is 1. The van der Waals surface area contributed by atoms with Crippen LogP contribution in [0.5, 0.6) is 0 Å². The number of rotatable bonds is 9. The minimum Gasteiger partial charge on any atom is -0.481 e. The quantitative estimate of drug-likeness (QED) is 0.667. The molecule has 1 atom stereocenters. The Morgan fingerprint density at radius 2 is 2.15 bits per heavy atom. The van der Waals surface area contributed by atoms with Crippen molar-refractivity contribution in [1.29, 1.82) is 0 Å². The molecule has 0 bridgehead atoms. The van der Waals surface area contributed by atoms with Gasteiger partial charge in [-0.3, -0.25) is 9.59 Å². The minimum absolute atomic E-state index is 0.0736. The highest BCUT2D eigenvalue weighted by molar-refractivity contribution is 7.13. The van der Waals surface area contributed by atoms with E-state index in [-0.39, 0.29) is 24.8 Å². The van der Waals surface area contributed by atoms with Gasteiger partial charge < -0.3 is 14.8 Å². The molecule has 1 saturated carbocycles. The van der Waals surface area contributed by atoms with E-state index in [1.165, 1.54) is 49.7 Å². The van der Waals surface area contributed by atoms with Gasteiger partial charge in [0.2, 0.25) is 11.8 Å². The van der Waals surface area contributed by atoms with Crippen LogP contribution in [-0.4, -0.2) is 28.0 Å². The van der Waals surface area contributed by atoms with Crippen LogP contribution >= 0.6 is 11.3 Å². The predicted octanol–water partition coefficient (Wildman–Crippen LogP) is 4.27. The number of carboxylic acids is 1. The van der Waals surface area contributed by atoms with Crippen LogP contribution in [-0.2, 0) is 16.0 Å². The zero-order valence-corrected chi connectivity index (χ0v) is 16.2. The van der Waals surface area contributed by atoms with Crippen molar-refractivity contribution in [3.63, 3.8) is 0 Å². The molecule has 2 heterocycles. The van der Waals surface area contributed by atoms with Gasteiger partial charge in [-0.2, -0.15) is 0 Å². The van der Waals surface area contributed by atoms with E-state index in [9.17, 15) is 9.59 Å². The van der Waals surface area contributed by atoms with Gasteiger partial charge in [0, 0.05) is 12.5 Å². The van der Waals surface area contributed by atoms with E-state index in [0.717, 1.165) is 11.3 Å². The standard InChI is InChI=1S/C20H26N2O4S/c23-18(12-16-13-26-20(22-16)17-7-4-10-27-17)21-15(8-9-19(24)25)11-14-5-2-1-3-6-14/h4,7,10,13-15H,1-3,5-6,8-9,11-12H2,(H,21,23)(H,24,25). The fourth-order valence-corrected chi connectivity index (χ4v) is 4.37. The molecule has 3 rings (SSSR count). The number of aromatic nitrogens is 1. The van der Waals surface area contributed by atoms with E-state index in [2.05, 4.69) is 10.3 Å². The van der Waals surface area contributed by atoms with Crippen LogP contribution < -0.4 is 5.32 Å². The van der Waals surface area contributed by atoms with Gasteiger partial charge in [-0.15, -0.1) is 11.3 Å². The first-order valence-corrected chi connectivity index (χ1v) is 10.5. The Bertz CT molecular complexity index is 735. The number of aliphatic carboxylic acids is 1. The summed E-state index contributed by atoms with van der Waals surface area (Å²) in [6.07, 6.45) is 9.15. The molecule has 2 aromatic heterocycles. The fourth-order valence-electron chi connectivity index (χ4n) is 3.72. The molecule has 1 fully saturated rings. The van der Waals surface area contributed by atoms with Crippen LogP contribution in [0, 0.1) is 5.92 Å². The third kappa shape index (κ3) is 6.20. The van der Waals surface area contributed by atoms with Crippen molar-refractivity contribution in [3.8, 4) is 10.8 Å². The monoisotopic (exact) mass is 390 g/mol. The average Bonchev–Trinajstić information content (AvgIpc) is 3.32. The number of carbonyl (C=O) groups excluding carboxylic acids is 1. The summed E-state index contributed by atoms with van der Waals surface area (Å²) in [6, 6.07) is 3.75. The number of oxazole rings is 1. The van der Waals surface area contributed by atoms with Crippen LogP contribution in [0.3, 0.4) is 0 Å². The maximum atomic E-state index is 12.5. The lowest BCUT2D eigenvalue weighted by Gasteiger charge is -2.27. The summed E-state index contributed by atoms with van der Waals surface area (Å²) < 4.78 is 5.46. The van der Waals surface area contributed by atoms with Crippen molar-refractivity contribution < 1.29 is 19.1 Å². The Morgan fingerprint density at radius 1 is 1.33 bits per heavy atom. The van der Waals surface area contributed by atoms with E-state index in [4.69, 9.17) is 9.52 Å². The highest BCUT2D eigenvalue weighted by Gasteiger charge is 2.22. The molecule has 1 unspecified atom stereocenters. The zero-order chi connectivity index (χ0) is 19.1. The predicted molar refractivity (Wildman–Crippen MR) is 104 cm³/mol. The SMILES string of the molecule is O=C(O)CCC(CC1CCCCC1)NC(=O)Cc1coc(-c2cccs2)n1. The molecular formula is C20H26N2O4S. The molecule has 2 N–H and O–H groups in total. The van der Waals surface area contributed by atoms with E-state index >= 15 is 0 Å². The third-order valence-electron chi connectivity index (χ3n) is 5.04. The molecule has 2 aromatic rings. The van der Waals surface area contributed by atoms with Gasteiger partial charge in [-0.25, -0.2) is 4.98 Å². The van der Waals surface area contributed by atoms with Gasteiger partial charge >= 0.3 is 5.97 Å². The summed E-state index contributed by atoms with van der Waals surface area (Å²) in [6.45, 7) is 0. The molecule has 0 spiro atoms. The molecule has 0 aromatic carbocycles. The van der Waals surface area contributed by atoms with Gasteiger partial charge in [-0.1, -0.05) is 38.2 Å². The smallest absolute Gasteiger partial charge is 0.303 e. The van der Waals surface area contributed by atoms with Crippen LogP contribution in [0.25, 0.3) is 10.8 Å². The Morgan fingerprint density at radius 3 is 2.85 bits per heavy atom. The third-order valence-corrected chi connectivity index (χ3v) is 5.90. The van der Waals surface area contributed by atoms with Crippen LogP contribution in [0.1, 0.15) is 57.1 Å². The first-order chi connectivity index (χ1) is 13.1. The van der Waals surface area contributed by atoms with Crippen molar-refractivity contribution in [2.45, 2.75) is 63.8 Å². The lowest BCUT2D eigenvalue weighted by Crippen LogP contribution is -2.38. The van der Waals surface area contributed by atoms with Gasteiger partial charge in [0.15, 0.2) is 0 Å². The summed E-state index contributed by atoms with van der Waals surface area (Å²) in [5, 5.41) is 14.0. The molecule has 6 nitrogen and oxygen atoms in total. The molecule has 7 heteroatoms. The van der Waals surface area contributed by atoms with Crippen LogP contribution in [0.15, 0.2) is 28.2 Å². The second kappa shape index (κ2) is 9.69. The van der Waals surface area contributed by atoms with Crippen molar-refractivity contribution >= 4 is 23.2 Å². The molecule has 146 valence electrons. The molecule has 27 heavy (non-hydrogen) atoms. The summed E-state index contributed by atoms with van der Waals surface area (Å²) in [5.41, 5.74) is 0.588. The first-order valence-electron chi connectivity index (χ1n) is 9.59. The Hall–Kier alpha value is -2.15. The Kier molecular flexibility index (Phi) is 7.04. The largest absolute Gasteiger partial charge is 0.481 e. The van der Waals surface area contributed by atoms with Crippen molar-refractivity contribution in [3.05, 3.63) is 29.5 Å². The van der Waals surface area contributed by atoms with Crippen LogP contribution in [0.2, 0.25) is 0 Å². The van der Waals surface area contributed by atoms with Crippen molar-refractivity contribution in [2.24, 2.45) is 5.92 Å². The molecular weight excluding hydrogens is 364 g/mol. The van der Waals surface area contributed by atoms with Gasteiger partial charge in [-0.05, 0) is 30.2 Å². The lowest BCUT2D eigenvalue weighted by atomic mass is 9.84. The summed E-state index contributed by atoms with van der Waals surface area (Å²) in [4.78, 5) is 28.7. The van der Waals surface area contributed by atoms with Crippen LogP contribution in [0.4, 0.5) is 0 Å². The summed E-state index contributed by atoms with van der Waals surface area (Å²) in [7, 11) is 0. The fraction of sp³-hybridized carbons (Fsp3) is 0.550. The molecule has 0 saturated heterocycles. The molecule has 1 aliphatic rings. The van der Waals surface area contributed by atoms with E-state index in [1.54, 1.807) is 0 Å². The molecule has 1 amide bonds. The Labute approximate surface area is 163 Å². The topological polar surface area (TPSA) is 92.4 Å². The second-order valence-corrected chi connectivity index (χ2v) is 8.18. The molecule has 1 aliphatic carbocycles. The number of amides is 1. The Balaban J connectivity index is 1.55. The second-order valence-electron chi connectivity index (χ2n) is 7.23. The van der Waals surface area contributed by atoms with Gasteiger partial charge in [0.05, 0.1) is 17.0 Å². The average molecular weight is 391 g/mol. The maximum Gasteiger partial charge on any atom is 0.303 e. The number of carboxylic acid groups (broad SMARTS) is 1. The normalized spacial score (nSPS) is 16.1. The van der Waals surface area contributed by atoms with Crippen molar-refractivity contribution in [2.75, 3.05) is 0 Å². The molecule has 0 radical (unpaired) electrons. The number of thiophene rings is 1. The summed E-state index contributed by atoms with van der Waals surface area (Å²) in [5.74, 6) is 0.148. The summed E-state index contributed by atoms with van der Waals surface area (Å²) >= 11 is 1.54. The van der Waals surface area contributed by atoms with E-state index in [0.29, 0.717) is 23.9 Å². The first kappa shape index (κ1) is 19.6. The van der Waals surface area contributed by atoms with E-state index < -0.39 is 5.97 Å². The number of carbonyl (C=O) groups is 2. The highest BCUT2D eigenvalue weighted by Crippen LogP contribution is 2.28. The van der Waals surface area contributed by atoms with Crippen molar-refractivity contribution in [1.82, 2.24) is 10.3 Å². The minimum atomic E-state index is -0.824. The zero-order valence-electron chi connectivity index (χ0n) is 15.4. The number of hydrogen-bond donors (Lipinski definition) is 2. The van der Waals surface area contributed by atoms with E-state index in [1.807, 2.05) is 17.5 Å². The van der Waals surface area contributed by atoms with Gasteiger partial charge in [0.1, 0.15) is 6.26 Å². The number of nitrogens with zero attached hydrogens (tertiary/aromatic N) is 1. The van der Waals surface area contributed by atoms with Gasteiger partial charge in [0.25, 0.3) is 0 Å².